The summed E-state index contributed by atoms with van der Waals surface area (Å²) in [6, 6.07) is 7.22. The average molecular weight is 289 g/mol. The summed E-state index contributed by atoms with van der Waals surface area (Å²) in [4.78, 5) is 23.7. The molecular formula is C16H23N3O2. The van der Waals surface area contributed by atoms with Crippen molar-refractivity contribution in [1.82, 2.24) is 5.32 Å². The highest BCUT2D eigenvalue weighted by molar-refractivity contribution is 5.94. The molecule has 2 amide bonds. The molecule has 1 heterocycles. The Balaban J connectivity index is 1.89. The monoisotopic (exact) mass is 289 g/mol. The second-order valence-corrected chi connectivity index (χ2v) is 5.75. The van der Waals surface area contributed by atoms with Gasteiger partial charge < -0.3 is 16.0 Å². The Morgan fingerprint density at radius 3 is 2.29 bits per heavy atom. The van der Waals surface area contributed by atoms with Gasteiger partial charge in [-0.25, -0.2) is 0 Å². The van der Waals surface area contributed by atoms with E-state index in [4.69, 9.17) is 0 Å². The molecule has 114 valence electrons. The van der Waals surface area contributed by atoms with E-state index in [-0.39, 0.29) is 23.7 Å². The zero-order chi connectivity index (χ0) is 15.2. The van der Waals surface area contributed by atoms with Gasteiger partial charge in [0.05, 0.1) is 5.92 Å². The van der Waals surface area contributed by atoms with Crippen LogP contribution in [0.5, 0.6) is 0 Å². The number of carbonyl (C=O) groups is 2. The predicted molar refractivity (Wildman–Crippen MR) is 84.1 cm³/mol. The van der Waals surface area contributed by atoms with E-state index in [0.717, 1.165) is 37.3 Å². The summed E-state index contributed by atoms with van der Waals surface area (Å²) in [6.07, 6.45) is 1.97. The van der Waals surface area contributed by atoms with Crippen LogP contribution < -0.4 is 16.0 Å². The maximum Gasteiger partial charge on any atom is 0.228 e. The van der Waals surface area contributed by atoms with Gasteiger partial charge in [-0.1, -0.05) is 13.8 Å². The Kier molecular flexibility index (Phi) is 5.33. The Morgan fingerprint density at radius 1 is 1.14 bits per heavy atom. The van der Waals surface area contributed by atoms with Crippen LogP contribution in [0.4, 0.5) is 11.4 Å². The first-order chi connectivity index (χ1) is 10.1. The first-order valence-corrected chi connectivity index (χ1v) is 7.49. The van der Waals surface area contributed by atoms with Gasteiger partial charge in [-0.15, -0.1) is 0 Å². The van der Waals surface area contributed by atoms with Gasteiger partial charge in [0.2, 0.25) is 11.8 Å². The number of hydrogen-bond donors (Lipinski definition) is 3. The molecule has 0 spiro atoms. The number of benzene rings is 1. The van der Waals surface area contributed by atoms with Crippen LogP contribution in [0.2, 0.25) is 0 Å². The Hall–Kier alpha value is -1.88. The molecule has 5 nitrogen and oxygen atoms in total. The number of rotatable bonds is 4. The standard InChI is InChI=1S/C16H23N3O2/c1-11(2)15(20)18-13-5-7-14(8-6-13)19-16(21)12-4-3-9-17-10-12/h5-8,11-12,17H,3-4,9-10H2,1-2H3,(H,18,20)(H,19,21)/t12-/m0/s1. The average Bonchev–Trinajstić information content (AvgIpc) is 2.50. The normalized spacial score (nSPS) is 18.3. The second kappa shape index (κ2) is 7.22. The molecule has 1 aromatic carbocycles. The largest absolute Gasteiger partial charge is 0.326 e. The fourth-order valence-corrected chi connectivity index (χ4v) is 2.24. The fraction of sp³-hybridized carbons (Fsp3) is 0.500. The number of anilines is 2. The third-order valence-corrected chi connectivity index (χ3v) is 3.61. The van der Waals surface area contributed by atoms with E-state index in [1.54, 1.807) is 12.1 Å². The van der Waals surface area contributed by atoms with Crippen molar-refractivity contribution in [2.24, 2.45) is 11.8 Å². The zero-order valence-electron chi connectivity index (χ0n) is 12.6. The van der Waals surface area contributed by atoms with E-state index in [2.05, 4.69) is 16.0 Å². The topological polar surface area (TPSA) is 70.2 Å². The minimum Gasteiger partial charge on any atom is -0.326 e. The van der Waals surface area contributed by atoms with Gasteiger partial charge in [-0.3, -0.25) is 9.59 Å². The van der Waals surface area contributed by atoms with Crippen molar-refractivity contribution in [1.29, 1.82) is 0 Å². The van der Waals surface area contributed by atoms with Crippen LogP contribution in [0.15, 0.2) is 24.3 Å². The van der Waals surface area contributed by atoms with Crippen LogP contribution in [0.25, 0.3) is 0 Å². The number of hydrogen-bond acceptors (Lipinski definition) is 3. The van der Waals surface area contributed by atoms with Crippen molar-refractivity contribution in [3.63, 3.8) is 0 Å². The molecular weight excluding hydrogens is 266 g/mol. The third kappa shape index (κ3) is 4.56. The molecule has 0 aromatic heterocycles. The lowest BCUT2D eigenvalue weighted by molar-refractivity contribution is -0.120. The van der Waals surface area contributed by atoms with Crippen LogP contribution in [-0.2, 0) is 9.59 Å². The van der Waals surface area contributed by atoms with Crippen molar-refractivity contribution in [2.75, 3.05) is 23.7 Å². The highest BCUT2D eigenvalue weighted by Crippen LogP contribution is 2.17. The molecule has 0 saturated carbocycles. The quantitative estimate of drug-likeness (QED) is 0.796. The van der Waals surface area contributed by atoms with Gasteiger partial charge in [0.1, 0.15) is 0 Å². The van der Waals surface area contributed by atoms with Crippen LogP contribution in [0, 0.1) is 11.8 Å². The Labute approximate surface area is 125 Å². The molecule has 1 atom stereocenters. The smallest absolute Gasteiger partial charge is 0.228 e. The van der Waals surface area contributed by atoms with E-state index >= 15 is 0 Å². The minimum atomic E-state index is -0.0526. The molecule has 1 saturated heterocycles. The number of nitrogens with one attached hydrogen (secondary N) is 3. The number of amides is 2. The molecule has 1 aliphatic heterocycles. The molecule has 0 radical (unpaired) electrons. The lowest BCUT2D eigenvalue weighted by Gasteiger charge is -2.21. The SMILES string of the molecule is CC(C)C(=O)Nc1ccc(NC(=O)[C@H]2CCCNC2)cc1. The van der Waals surface area contributed by atoms with Gasteiger partial charge in [-0.2, -0.15) is 0 Å². The summed E-state index contributed by atoms with van der Waals surface area (Å²) < 4.78 is 0. The minimum absolute atomic E-state index is 0.0138. The molecule has 2 rings (SSSR count). The summed E-state index contributed by atoms with van der Waals surface area (Å²) in [7, 11) is 0. The van der Waals surface area contributed by atoms with E-state index < -0.39 is 0 Å². The highest BCUT2D eigenvalue weighted by Gasteiger charge is 2.20. The van der Waals surface area contributed by atoms with Gasteiger partial charge >= 0.3 is 0 Å². The predicted octanol–water partition coefficient (Wildman–Crippen LogP) is 2.22. The molecule has 0 bridgehead atoms. The van der Waals surface area contributed by atoms with Crippen molar-refractivity contribution >= 4 is 23.2 Å². The summed E-state index contributed by atoms with van der Waals surface area (Å²) in [5.41, 5.74) is 1.50. The summed E-state index contributed by atoms with van der Waals surface area (Å²) in [5, 5.41) is 8.98. The van der Waals surface area contributed by atoms with Gasteiger partial charge in [0, 0.05) is 23.8 Å². The van der Waals surface area contributed by atoms with Crippen molar-refractivity contribution in [3.05, 3.63) is 24.3 Å². The molecule has 1 aromatic rings. The molecule has 0 unspecified atom stereocenters. The molecule has 0 aliphatic carbocycles. The zero-order valence-corrected chi connectivity index (χ0v) is 12.6. The van der Waals surface area contributed by atoms with Crippen LogP contribution in [0.3, 0.4) is 0 Å². The van der Waals surface area contributed by atoms with Crippen LogP contribution >= 0.6 is 0 Å². The van der Waals surface area contributed by atoms with E-state index in [0.29, 0.717) is 0 Å². The van der Waals surface area contributed by atoms with Crippen molar-refractivity contribution < 1.29 is 9.59 Å². The molecule has 5 heteroatoms. The molecule has 3 N–H and O–H groups in total. The van der Waals surface area contributed by atoms with Gasteiger partial charge in [0.15, 0.2) is 0 Å². The van der Waals surface area contributed by atoms with E-state index in [1.807, 2.05) is 26.0 Å². The van der Waals surface area contributed by atoms with E-state index in [1.165, 1.54) is 0 Å². The van der Waals surface area contributed by atoms with Crippen molar-refractivity contribution in [3.8, 4) is 0 Å². The summed E-state index contributed by atoms with van der Waals surface area (Å²) >= 11 is 0. The maximum atomic E-state index is 12.1. The van der Waals surface area contributed by atoms with E-state index in [9.17, 15) is 9.59 Å². The van der Waals surface area contributed by atoms with Gasteiger partial charge in [0.25, 0.3) is 0 Å². The first kappa shape index (κ1) is 15.5. The maximum absolute atomic E-state index is 12.1. The highest BCUT2D eigenvalue weighted by atomic mass is 16.2. The van der Waals surface area contributed by atoms with Crippen molar-refractivity contribution in [2.45, 2.75) is 26.7 Å². The van der Waals surface area contributed by atoms with Crippen LogP contribution in [-0.4, -0.2) is 24.9 Å². The van der Waals surface area contributed by atoms with Crippen LogP contribution in [0.1, 0.15) is 26.7 Å². The summed E-state index contributed by atoms with van der Waals surface area (Å²) in [5.74, 6) is 0.0310. The molecule has 1 aliphatic rings. The molecule has 1 fully saturated rings. The lowest BCUT2D eigenvalue weighted by Crippen LogP contribution is -2.37. The number of piperidine rings is 1. The Morgan fingerprint density at radius 2 is 1.76 bits per heavy atom. The molecule has 21 heavy (non-hydrogen) atoms. The first-order valence-electron chi connectivity index (χ1n) is 7.49. The second-order valence-electron chi connectivity index (χ2n) is 5.75. The Bertz CT molecular complexity index is 491. The number of carbonyl (C=O) groups excluding carboxylic acids is 2. The third-order valence-electron chi connectivity index (χ3n) is 3.61. The lowest BCUT2D eigenvalue weighted by atomic mass is 9.99. The summed E-state index contributed by atoms with van der Waals surface area (Å²) in [6.45, 7) is 5.44. The van der Waals surface area contributed by atoms with Gasteiger partial charge in [-0.05, 0) is 43.7 Å². The fourth-order valence-electron chi connectivity index (χ4n) is 2.24.